The molecule has 1 aliphatic rings. The Balaban J connectivity index is 1.89. The summed E-state index contributed by atoms with van der Waals surface area (Å²) < 4.78 is 22.3. The maximum atomic E-state index is 12.1. The molecule has 7 heteroatoms. The molecule has 21 heavy (non-hydrogen) atoms. The number of rotatable bonds is 4. The number of primary sulfonamides is 1. The number of nitrogens with two attached hydrogens (primary N) is 1. The van der Waals surface area contributed by atoms with Crippen molar-refractivity contribution in [2.45, 2.75) is 37.2 Å². The van der Waals surface area contributed by atoms with E-state index in [1.165, 1.54) is 12.1 Å². The number of benzene rings is 1. The lowest BCUT2D eigenvalue weighted by molar-refractivity contribution is -0.124. The molecule has 1 aliphatic heterocycles. The Hall–Kier alpha value is -1.44. The minimum atomic E-state index is -3.67. The van der Waals surface area contributed by atoms with E-state index in [1.807, 2.05) is 0 Å². The highest BCUT2D eigenvalue weighted by molar-refractivity contribution is 7.89. The highest BCUT2D eigenvalue weighted by atomic mass is 32.2. The van der Waals surface area contributed by atoms with Crippen molar-refractivity contribution in [3.8, 4) is 0 Å². The van der Waals surface area contributed by atoms with Crippen LogP contribution in [-0.4, -0.2) is 26.9 Å². The van der Waals surface area contributed by atoms with Crippen LogP contribution in [0.1, 0.15) is 25.3 Å². The maximum Gasteiger partial charge on any atom is 0.238 e. The third kappa shape index (κ3) is 4.52. The van der Waals surface area contributed by atoms with Crippen molar-refractivity contribution in [3.05, 3.63) is 29.8 Å². The minimum Gasteiger partial charge on any atom is -0.351 e. The van der Waals surface area contributed by atoms with E-state index in [0.29, 0.717) is 12.5 Å². The molecule has 0 radical (unpaired) electrons. The van der Waals surface area contributed by atoms with Crippen molar-refractivity contribution in [2.24, 2.45) is 11.1 Å². The van der Waals surface area contributed by atoms with E-state index in [0.717, 1.165) is 24.9 Å². The van der Waals surface area contributed by atoms with Crippen molar-refractivity contribution < 1.29 is 13.2 Å². The summed E-state index contributed by atoms with van der Waals surface area (Å²) in [6.07, 6.45) is 1.94. The summed E-state index contributed by atoms with van der Waals surface area (Å²) >= 11 is 0. The van der Waals surface area contributed by atoms with Crippen LogP contribution in [0.4, 0.5) is 0 Å². The van der Waals surface area contributed by atoms with Gasteiger partial charge in [0.05, 0.1) is 10.9 Å². The summed E-state index contributed by atoms with van der Waals surface area (Å²) in [5.41, 5.74) is 0.833. The number of nitrogens with one attached hydrogen (secondary N) is 2. The normalized spacial score (nSPS) is 22.8. The zero-order valence-corrected chi connectivity index (χ0v) is 12.8. The standard InChI is InChI=1S/C14H21N3O3S/c1-10-6-7-16-13(8-10)14(18)17-9-11-2-4-12(5-3-11)21(15,19)20/h2-5,10,13,16H,6-9H2,1H3,(H,17,18)(H2,15,19,20). The third-order valence-electron chi connectivity index (χ3n) is 3.70. The van der Waals surface area contributed by atoms with Crippen LogP contribution in [0.2, 0.25) is 0 Å². The summed E-state index contributed by atoms with van der Waals surface area (Å²) in [4.78, 5) is 12.1. The van der Waals surface area contributed by atoms with E-state index >= 15 is 0 Å². The number of sulfonamides is 1. The van der Waals surface area contributed by atoms with Crippen LogP contribution in [0, 0.1) is 5.92 Å². The fourth-order valence-corrected chi connectivity index (χ4v) is 2.93. The molecule has 0 bridgehead atoms. The molecule has 2 rings (SSSR count). The van der Waals surface area contributed by atoms with Gasteiger partial charge >= 0.3 is 0 Å². The highest BCUT2D eigenvalue weighted by Gasteiger charge is 2.24. The van der Waals surface area contributed by atoms with E-state index in [1.54, 1.807) is 12.1 Å². The third-order valence-corrected chi connectivity index (χ3v) is 4.63. The predicted molar refractivity (Wildman–Crippen MR) is 79.9 cm³/mol. The van der Waals surface area contributed by atoms with E-state index in [9.17, 15) is 13.2 Å². The minimum absolute atomic E-state index is 0.0166. The van der Waals surface area contributed by atoms with Crippen LogP contribution in [0.15, 0.2) is 29.2 Å². The number of piperidine rings is 1. The Morgan fingerprint density at radius 3 is 2.62 bits per heavy atom. The van der Waals surface area contributed by atoms with Gasteiger partial charge in [-0.2, -0.15) is 0 Å². The average molecular weight is 311 g/mol. The molecule has 2 atom stereocenters. The Morgan fingerprint density at radius 2 is 2.05 bits per heavy atom. The lowest BCUT2D eigenvalue weighted by Crippen LogP contribution is -2.48. The van der Waals surface area contributed by atoms with Crippen LogP contribution >= 0.6 is 0 Å². The Bertz CT molecular complexity index is 598. The van der Waals surface area contributed by atoms with Crippen LogP contribution in [0.5, 0.6) is 0 Å². The first-order valence-electron chi connectivity index (χ1n) is 6.99. The largest absolute Gasteiger partial charge is 0.351 e. The van der Waals surface area contributed by atoms with Gasteiger partial charge in [-0.15, -0.1) is 0 Å². The molecule has 6 nitrogen and oxygen atoms in total. The van der Waals surface area contributed by atoms with Crippen LogP contribution in [-0.2, 0) is 21.4 Å². The van der Waals surface area contributed by atoms with E-state index in [4.69, 9.17) is 5.14 Å². The second kappa shape index (κ2) is 6.55. The van der Waals surface area contributed by atoms with Gasteiger partial charge in [-0.1, -0.05) is 19.1 Å². The predicted octanol–water partition coefficient (Wildman–Crippen LogP) is 0.338. The topological polar surface area (TPSA) is 101 Å². The first-order valence-corrected chi connectivity index (χ1v) is 8.54. The fourth-order valence-electron chi connectivity index (χ4n) is 2.42. The van der Waals surface area contributed by atoms with Crippen molar-refractivity contribution >= 4 is 15.9 Å². The number of carbonyl (C=O) groups excluding carboxylic acids is 1. The summed E-state index contributed by atoms with van der Waals surface area (Å²) in [5, 5.41) is 11.1. The fraction of sp³-hybridized carbons (Fsp3) is 0.500. The molecule has 1 aromatic rings. The van der Waals surface area contributed by atoms with Crippen molar-refractivity contribution in [2.75, 3.05) is 6.54 Å². The number of carbonyl (C=O) groups is 1. The smallest absolute Gasteiger partial charge is 0.238 e. The SMILES string of the molecule is CC1CCNC(C(=O)NCc2ccc(S(N)(=O)=O)cc2)C1. The van der Waals surface area contributed by atoms with Crippen LogP contribution in [0.25, 0.3) is 0 Å². The molecule has 2 unspecified atom stereocenters. The lowest BCUT2D eigenvalue weighted by atomic mass is 9.94. The molecule has 1 saturated heterocycles. The van der Waals surface area contributed by atoms with Gasteiger partial charge in [-0.3, -0.25) is 4.79 Å². The first kappa shape index (κ1) is 15.9. The Labute approximate surface area is 125 Å². The van der Waals surface area contributed by atoms with Gasteiger partial charge in [-0.05, 0) is 43.0 Å². The second-order valence-electron chi connectivity index (χ2n) is 5.54. The molecule has 1 amide bonds. The molecule has 0 spiro atoms. The monoisotopic (exact) mass is 311 g/mol. The number of hydrogen-bond donors (Lipinski definition) is 3. The van der Waals surface area contributed by atoms with Crippen molar-refractivity contribution in [1.29, 1.82) is 0 Å². The summed E-state index contributed by atoms with van der Waals surface area (Å²) in [5.74, 6) is 0.535. The average Bonchev–Trinajstić information content (AvgIpc) is 2.44. The van der Waals surface area contributed by atoms with Gasteiger partial charge in [0.25, 0.3) is 0 Å². The van der Waals surface area contributed by atoms with Gasteiger partial charge < -0.3 is 10.6 Å². The zero-order chi connectivity index (χ0) is 15.5. The van der Waals surface area contributed by atoms with Gasteiger partial charge in [0.1, 0.15) is 0 Å². The molecule has 0 aromatic heterocycles. The number of amides is 1. The Morgan fingerprint density at radius 1 is 1.38 bits per heavy atom. The van der Waals surface area contributed by atoms with E-state index < -0.39 is 10.0 Å². The van der Waals surface area contributed by atoms with Crippen LogP contribution < -0.4 is 15.8 Å². The highest BCUT2D eigenvalue weighted by Crippen LogP contribution is 2.15. The van der Waals surface area contributed by atoms with Crippen molar-refractivity contribution in [3.63, 3.8) is 0 Å². The molecular formula is C14H21N3O3S. The van der Waals surface area contributed by atoms with Crippen molar-refractivity contribution in [1.82, 2.24) is 10.6 Å². The second-order valence-corrected chi connectivity index (χ2v) is 7.10. The molecule has 4 N–H and O–H groups in total. The van der Waals surface area contributed by atoms with Gasteiger partial charge in [0.2, 0.25) is 15.9 Å². The molecule has 0 saturated carbocycles. The summed E-state index contributed by atoms with van der Waals surface area (Å²) in [7, 11) is -3.67. The quantitative estimate of drug-likeness (QED) is 0.746. The van der Waals surface area contributed by atoms with Crippen LogP contribution in [0.3, 0.4) is 0 Å². The molecule has 0 aliphatic carbocycles. The zero-order valence-electron chi connectivity index (χ0n) is 12.0. The molecule has 116 valence electrons. The maximum absolute atomic E-state index is 12.1. The van der Waals surface area contributed by atoms with Gasteiger partial charge in [0.15, 0.2) is 0 Å². The Kier molecular flexibility index (Phi) is 4.97. The van der Waals surface area contributed by atoms with E-state index in [-0.39, 0.29) is 16.8 Å². The summed E-state index contributed by atoms with van der Waals surface area (Å²) in [6.45, 7) is 3.38. The lowest BCUT2D eigenvalue weighted by Gasteiger charge is -2.27. The van der Waals surface area contributed by atoms with Gasteiger partial charge in [0, 0.05) is 6.54 Å². The first-order chi connectivity index (χ1) is 9.86. The summed E-state index contributed by atoms with van der Waals surface area (Å²) in [6, 6.07) is 6.04. The van der Waals surface area contributed by atoms with Gasteiger partial charge in [-0.25, -0.2) is 13.6 Å². The molecule has 1 fully saturated rings. The molecule has 1 heterocycles. The van der Waals surface area contributed by atoms with E-state index in [2.05, 4.69) is 17.6 Å². The number of hydrogen-bond acceptors (Lipinski definition) is 4. The molecule has 1 aromatic carbocycles. The molecular weight excluding hydrogens is 290 g/mol.